The number of carbonyl (C=O) groups is 2. The predicted octanol–water partition coefficient (Wildman–Crippen LogP) is 3.29. The first-order valence-electron chi connectivity index (χ1n) is 9.30. The number of hydrogen-bond acceptors (Lipinski definition) is 5. The van der Waals surface area contributed by atoms with Gasteiger partial charge in [-0.1, -0.05) is 54.6 Å². The monoisotopic (exact) mass is 461 g/mol. The summed E-state index contributed by atoms with van der Waals surface area (Å²) in [6.07, 6.45) is 0. The second-order valence-corrected chi connectivity index (χ2v) is 6.74. The molecule has 0 spiro atoms. The third kappa shape index (κ3) is 5.13. The summed E-state index contributed by atoms with van der Waals surface area (Å²) in [5, 5.41) is 18.6. The van der Waals surface area contributed by atoms with E-state index in [1.807, 2.05) is 24.3 Å². The first-order valence-corrected chi connectivity index (χ1v) is 9.30. The topological polar surface area (TPSA) is 146 Å². The molecule has 5 rings (SSSR count). The van der Waals surface area contributed by atoms with Crippen LogP contribution in [0.3, 0.4) is 0 Å². The Morgan fingerprint density at radius 1 is 0.788 bits per heavy atom. The van der Waals surface area contributed by atoms with E-state index in [-0.39, 0.29) is 28.4 Å². The molecule has 9 heteroatoms. The maximum Gasteiger partial charge on any atom is 0.351 e. The second kappa shape index (κ2) is 10.6. The second-order valence-electron chi connectivity index (χ2n) is 6.74. The van der Waals surface area contributed by atoms with Gasteiger partial charge in [-0.3, -0.25) is 4.79 Å². The highest BCUT2D eigenvalue weighted by molar-refractivity contribution is 5.91. The smallest absolute Gasteiger partial charge is 0.351 e. The van der Waals surface area contributed by atoms with Crippen molar-refractivity contribution >= 4 is 40.3 Å². The van der Waals surface area contributed by atoms with Crippen molar-refractivity contribution in [3.8, 4) is 11.5 Å². The van der Waals surface area contributed by atoms with Crippen molar-refractivity contribution in [1.82, 2.24) is 0 Å². The summed E-state index contributed by atoms with van der Waals surface area (Å²) in [4.78, 5) is 33.2. The summed E-state index contributed by atoms with van der Waals surface area (Å²) < 4.78 is 10.5. The molecule has 4 aromatic rings. The molecule has 33 heavy (non-hydrogen) atoms. The Balaban J connectivity index is 0.000000224. The van der Waals surface area contributed by atoms with Crippen molar-refractivity contribution in [2.75, 3.05) is 0 Å². The average molecular weight is 461 g/mol. The molecule has 1 aromatic heterocycles. The van der Waals surface area contributed by atoms with Crippen molar-refractivity contribution in [3.63, 3.8) is 0 Å². The van der Waals surface area contributed by atoms with Crippen LogP contribution < -0.4 is 10.4 Å². The normalized spacial score (nSPS) is 11.3. The SMILES string of the molecule is O.O=C(O)C1c2ccccc2Oc2ccccc21.O=C(O)c1cc2ccccc2oc1=O.[Al]. The van der Waals surface area contributed by atoms with Crippen LogP contribution in [-0.4, -0.2) is 45.0 Å². The molecule has 0 fully saturated rings. The molecule has 0 atom stereocenters. The van der Waals surface area contributed by atoms with Crippen molar-refractivity contribution in [2.45, 2.75) is 5.92 Å². The van der Waals surface area contributed by atoms with Crippen LogP contribution in [-0.2, 0) is 4.79 Å². The maximum atomic E-state index is 11.4. The fraction of sp³-hybridized carbons (Fsp3) is 0.0417. The molecule has 3 aromatic carbocycles. The summed E-state index contributed by atoms with van der Waals surface area (Å²) in [7, 11) is 0. The Bertz CT molecular complexity index is 1320. The zero-order chi connectivity index (χ0) is 22.0. The molecule has 1 aliphatic rings. The van der Waals surface area contributed by atoms with E-state index in [0.29, 0.717) is 33.6 Å². The van der Waals surface area contributed by atoms with Gasteiger partial charge in [0.05, 0.1) is 0 Å². The van der Waals surface area contributed by atoms with Crippen LogP contribution in [0.4, 0.5) is 0 Å². The van der Waals surface area contributed by atoms with Crippen molar-refractivity contribution < 1.29 is 34.4 Å². The van der Waals surface area contributed by atoms with Crippen molar-refractivity contribution in [3.05, 3.63) is 106 Å². The quantitative estimate of drug-likeness (QED) is 0.344. The fourth-order valence-corrected chi connectivity index (χ4v) is 3.39. The zero-order valence-corrected chi connectivity index (χ0v) is 18.3. The molecule has 0 aliphatic carbocycles. The van der Waals surface area contributed by atoms with Gasteiger partial charge in [0.1, 0.15) is 28.6 Å². The number of carboxylic acids is 2. The third-order valence-electron chi connectivity index (χ3n) is 4.80. The van der Waals surface area contributed by atoms with E-state index < -0.39 is 23.5 Å². The van der Waals surface area contributed by atoms with E-state index >= 15 is 0 Å². The lowest BCUT2D eigenvalue weighted by molar-refractivity contribution is -0.137. The minimum Gasteiger partial charge on any atom is -0.481 e. The third-order valence-corrected chi connectivity index (χ3v) is 4.80. The van der Waals surface area contributed by atoms with Gasteiger partial charge in [0, 0.05) is 33.9 Å². The molecular formula is C24H18AlO8. The molecule has 2 heterocycles. The lowest BCUT2D eigenvalue weighted by Crippen LogP contribution is -2.18. The molecule has 0 unspecified atom stereocenters. The van der Waals surface area contributed by atoms with Gasteiger partial charge in [0.25, 0.3) is 0 Å². The number of ether oxygens (including phenoxy) is 1. The zero-order valence-electron chi connectivity index (χ0n) is 17.1. The van der Waals surface area contributed by atoms with Gasteiger partial charge in [-0.05, 0) is 24.3 Å². The summed E-state index contributed by atoms with van der Waals surface area (Å²) in [6, 6.07) is 22.6. The van der Waals surface area contributed by atoms with Crippen LogP contribution in [0.1, 0.15) is 27.4 Å². The van der Waals surface area contributed by atoms with E-state index in [4.69, 9.17) is 14.3 Å². The molecule has 0 bridgehead atoms. The minimum absolute atomic E-state index is 0. The van der Waals surface area contributed by atoms with Crippen LogP contribution in [0.25, 0.3) is 11.0 Å². The number of para-hydroxylation sites is 3. The van der Waals surface area contributed by atoms with Crippen LogP contribution in [0, 0.1) is 0 Å². The molecule has 0 saturated heterocycles. The number of carboxylic acid groups (broad SMARTS) is 2. The molecule has 3 radical (unpaired) electrons. The van der Waals surface area contributed by atoms with Gasteiger partial charge in [-0.2, -0.15) is 0 Å². The van der Waals surface area contributed by atoms with Crippen LogP contribution in [0.2, 0.25) is 0 Å². The van der Waals surface area contributed by atoms with Crippen molar-refractivity contribution in [2.24, 2.45) is 0 Å². The summed E-state index contributed by atoms with van der Waals surface area (Å²) in [6.45, 7) is 0. The molecule has 1 aliphatic heterocycles. The molecular weight excluding hydrogens is 443 g/mol. The number of hydrogen-bond donors (Lipinski definition) is 2. The Labute approximate surface area is 198 Å². The van der Waals surface area contributed by atoms with Gasteiger partial charge in [-0.25, -0.2) is 9.59 Å². The van der Waals surface area contributed by atoms with E-state index in [2.05, 4.69) is 0 Å². The highest BCUT2D eigenvalue weighted by Crippen LogP contribution is 2.43. The summed E-state index contributed by atoms with van der Waals surface area (Å²) in [5.74, 6) is -1.52. The standard InChI is InChI=1S/C14H10O3.C10H6O4.Al.H2O/c15-14(16)13-9-5-1-3-7-11(9)17-12-8-4-2-6-10(12)13;11-9(12)7-5-6-3-1-2-4-8(6)14-10(7)13;;/h1-8,13H,(H,15,16);1-5H,(H,11,12);;1H2. The van der Waals surface area contributed by atoms with E-state index in [0.717, 1.165) is 0 Å². The van der Waals surface area contributed by atoms with Gasteiger partial charge < -0.3 is 24.8 Å². The van der Waals surface area contributed by atoms with Gasteiger partial charge >= 0.3 is 17.6 Å². The average Bonchev–Trinajstić information content (AvgIpc) is 2.77. The summed E-state index contributed by atoms with van der Waals surface area (Å²) in [5.41, 5.74) is 0.639. The maximum absolute atomic E-state index is 11.4. The number of rotatable bonds is 2. The molecule has 8 nitrogen and oxygen atoms in total. The number of benzene rings is 3. The Morgan fingerprint density at radius 2 is 1.30 bits per heavy atom. The fourth-order valence-electron chi connectivity index (χ4n) is 3.39. The van der Waals surface area contributed by atoms with Crippen LogP contribution in [0.5, 0.6) is 11.5 Å². The van der Waals surface area contributed by atoms with Crippen molar-refractivity contribution in [1.29, 1.82) is 0 Å². The number of fused-ring (bicyclic) bond motifs is 3. The van der Waals surface area contributed by atoms with Gasteiger partial charge in [-0.15, -0.1) is 0 Å². The predicted molar refractivity (Wildman–Crippen MR) is 121 cm³/mol. The Morgan fingerprint density at radius 3 is 1.85 bits per heavy atom. The summed E-state index contributed by atoms with van der Waals surface area (Å²) >= 11 is 0. The lowest BCUT2D eigenvalue weighted by Gasteiger charge is -2.25. The first-order chi connectivity index (χ1) is 15.0. The first kappa shape index (κ1) is 25.4. The minimum atomic E-state index is -1.27. The highest BCUT2D eigenvalue weighted by Gasteiger charge is 2.31. The molecule has 0 saturated carbocycles. The number of aromatic carboxylic acids is 1. The number of aliphatic carboxylic acids is 1. The van der Waals surface area contributed by atoms with E-state index in [1.165, 1.54) is 6.07 Å². The highest BCUT2D eigenvalue weighted by atomic mass is 27.0. The largest absolute Gasteiger partial charge is 0.481 e. The van der Waals surface area contributed by atoms with E-state index in [9.17, 15) is 19.5 Å². The Hall–Kier alpha value is -3.90. The van der Waals surface area contributed by atoms with Crippen LogP contribution in [0.15, 0.2) is 88.1 Å². The van der Waals surface area contributed by atoms with Crippen LogP contribution >= 0.6 is 0 Å². The molecule has 4 N–H and O–H groups in total. The van der Waals surface area contributed by atoms with Gasteiger partial charge in [0.2, 0.25) is 0 Å². The lowest BCUT2D eigenvalue weighted by atomic mass is 9.88. The molecule has 0 amide bonds. The molecule has 165 valence electrons. The van der Waals surface area contributed by atoms with E-state index in [1.54, 1.807) is 48.5 Å². The Kier molecular flexibility index (Phi) is 8.16. The van der Waals surface area contributed by atoms with Gasteiger partial charge in [0.15, 0.2) is 0 Å².